The number of anilines is 1. The average molecular weight is 259 g/mol. The fraction of sp³-hybridized carbons (Fsp3) is 0.0769. The lowest BCUT2D eigenvalue weighted by Crippen LogP contribution is -1.89. The summed E-state index contributed by atoms with van der Waals surface area (Å²) in [6.07, 6.45) is 1.69. The van der Waals surface area contributed by atoms with Gasteiger partial charge in [-0.25, -0.2) is 9.37 Å². The molecule has 0 saturated heterocycles. The molecule has 0 amide bonds. The predicted octanol–water partition coefficient (Wildman–Crippen LogP) is 2.97. The molecule has 0 unspecified atom stereocenters. The van der Waals surface area contributed by atoms with E-state index in [-0.39, 0.29) is 5.56 Å². The van der Waals surface area contributed by atoms with Crippen LogP contribution in [0.3, 0.4) is 0 Å². The highest BCUT2D eigenvalue weighted by Gasteiger charge is 2.03. The Morgan fingerprint density at radius 3 is 2.83 bits per heavy atom. The topological polar surface area (TPSA) is 62.7 Å². The van der Waals surface area contributed by atoms with E-state index in [9.17, 15) is 4.39 Å². The van der Waals surface area contributed by atoms with Crippen LogP contribution in [0.25, 0.3) is 0 Å². The summed E-state index contributed by atoms with van der Waals surface area (Å²) in [6, 6.07) is 9.99. The van der Waals surface area contributed by atoms with Gasteiger partial charge in [0.1, 0.15) is 17.7 Å². The Labute approximate surface area is 108 Å². The zero-order chi connectivity index (χ0) is 13.0. The first-order valence-corrected chi connectivity index (χ1v) is 6.20. The van der Waals surface area contributed by atoms with E-state index in [1.807, 2.05) is 12.1 Å². The third-order valence-corrected chi connectivity index (χ3v) is 3.37. The van der Waals surface area contributed by atoms with E-state index >= 15 is 0 Å². The lowest BCUT2D eigenvalue weighted by atomic mass is 10.1. The van der Waals surface area contributed by atoms with E-state index < -0.39 is 5.82 Å². The first-order chi connectivity index (χ1) is 8.69. The highest BCUT2D eigenvalue weighted by Crippen LogP contribution is 2.23. The SMILES string of the molecule is N#Cc1cc(CSc2ccc(N)nc2)ccc1F. The Morgan fingerprint density at radius 1 is 1.33 bits per heavy atom. The van der Waals surface area contributed by atoms with Crippen molar-refractivity contribution >= 4 is 17.6 Å². The summed E-state index contributed by atoms with van der Waals surface area (Å²) in [5.41, 5.74) is 6.46. The van der Waals surface area contributed by atoms with Crippen molar-refractivity contribution < 1.29 is 4.39 Å². The first kappa shape index (κ1) is 12.4. The van der Waals surface area contributed by atoms with Gasteiger partial charge in [-0.1, -0.05) is 6.07 Å². The lowest BCUT2D eigenvalue weighted by molar-refractivity contribution is 0.623. The smallest absolute Gasteiger partial charge is 0.140 e. The van der Waals surface area contributed by atoms with Crippen molar-refractivity contribution in [3.8, 4) is 6.07 Å². The number of thioether (sulfide) groups is 1. The van der Waals surface area contributed by atoms with Crippen LogP contribution in [-0.2, 0) is 5.75 Å². The molecular weight excluding hydrogens is 249 g/mol. The number of nitrogens with two attached hydrogens (primary N) is 1. The predicted molar refractivity (Wildman–Crippen MR) is 69.3 cm³/mol. The van der Waals surface area contributed by atoms with E-state index in [0.717, 1.165) is 10.5 Å². The van der Waals surface area contributed by atoms with Gasteiger partial charge in [0.2, 0.25) is 0 Å². The second kappa shape index (κ2) is 5.52. The van der Waals surface area contributed by atoms with Crippen molar-refractivity contribution in [1.29, 1.82) is 5.26 Å². The largest absolute Gasteiger partial charge is 0.384 e. The van der Waals surface area contributed by atoms with Gasteiger partial charge >= 0.3 is 0 Å². The minimum Gasteiger partial charge on any atom is -0.384 e. The number of hydrogen-bond donors (Lipinski definition) is 1. The van der Waals surface area contributed by atoms with Crippen molar-refractivity contribution in [1.82, 2.24) is 4.98 Å². The number of nitrogens with zero attached hydrogens (tertiary/aromatic N) is 2. The molecule has 0 spiro atoms. The standard InChI is InChI=1S/C13H10FN3S/c14-12-3-1-9(5-10(12)6-15)8-18-11-2-4-13(16)17-7-11/h1-5,7H,8H2,(H2,16,17). The average Bonchev–Trinajstić information content (AvgIpc) is 2.39. The molecule has 0 bridgehead atoms. The number of aromatic nitrogens is 1. The zero-order valence-electron chi connectivity index (χ0n) is 9.43. The second-order valence-corrected chi connectivity index (χ2v) is 4.68. The van der Waals surface area contributed by atoms with Crippen LogP contribution in [0.4, 0.5) is 10.2 Å². The van der Waals surface area contributed by atoms with Gasteiger partial charge in [0.15, 0.2) is 0 Å². The van der Waals surface area contributed by atoms with E-state index in [1.165, 1.54) is 6.07 Å². The first-order valence-electron chi connectivity index (χ1n) is 5.22. The van der Waals surface area contributed by atoms with Gasteiger partial charge in [0, 0.05) is 16.8 Å². The zero-order valence-corrected chi connectivity index (χ0v) is 10.2. The third-order valence-electron chi connectivity index (χ3n) is 2.32. The molecule has 1 heterocycles. The molecule has 0 aliphatic heterocycles. The van der Waals surface area contributed by atoms with Crippen molar-refractivity contribution in [2.24, 2.45) is 0 Å². The van der Waals surface area contributed by atoms with Crippen LogP contribution in [0.15, 0.2) is 41.4 Å². The Balaban J connectivity index is 2.06. The van der Waals surface area contributed by atoms with Crippen LogP contribution >= 0.6 is 11.8 Å². The molecule has 0 aliphatic rings. The van der Waals surface area contributed by atoms with Crippen molar-refractivity contribution in [2.75, 3.05) is 5.73 Å². The van der Waals surface area contributed by atoms with Crippen LogP contribution in [0.1, 0.15) is 11.1 Å². The summed E-state index contributed by atoms with van der Waals surface area (Å²) < 4.78 is 13.1. The number of nitriles is 1. The Kier molecular flexibility index (Phi) is 3.80. The third kappa shape index (κ3) is 2.99. The van der Waals surface area contributed by atoms with E-state index in [4.69, 9.17) is 11.0 Å². The van der Waals surface area contributed by atoms with Crippen molar-refractivity contribution in [2.45, 2.75) is 10.6 Å². The number of nitrogen functional groups attached to an aromatic ring is 1. The van der Waals surface area contributed by atoms with Gasteiger partial charge in [-0.05, 0) is 29.8 Å². The van der Waals surface area contributed by atoms with Crippen LogP contribution in [0, 0.1) is 17.1 Å². The number of hydrogen-bond acceptors (Lipinski definition) is 4. The summed E-state index contributed by atoms with van der Waals surface area (Å²) in [5, 5.41) is 8.74. The van der Waals surface area contributed by atoms with Crippen LogP contribution < -0.4 is 5.73 Å². The maximum Gasteiger partial charge on any atom is 0.140 e. The van der Waals surface area contributed by atoms with Gasteiger partial charge in [-0.2, -0.15) is 5.26 Å². The van der Waals surface area contributed by atoms with Crippen LogP contribution in [0.5, 0.6) is 0 Å². The highest BCUT2D eigenvalue weighted by atomic mass is 32.2. The number of benzene rings is 1. The molecular formula is C13H10FN3S. The van der Waals surface area contributed by atoms with Gasteiger partial charge in [0.25, 0.3) is 0 Å². The highest BCUT2D eigenvalue weighted by molar-refractivity contribution is 7.98. The molecule has 1 aromatic carbocycles. The molecule has 0 aliphatic carbocycles. The molecule has 5 heteroatoms. The Hall–Kier alpha value is -2.06. The minimum absolute atomic E-state index is 0.0727. The van der Waals surface area contributed by atoms with Gasteiger partial charge in [-0.3, -0.25) is 0 Å². The fourth-order valence-corrected chi connectivity index (χ4v) is 2.20. The van der Waals surface area contributed by atoms with Gasteiger partial charge in [0.05, 0.1) is 5.56 Å². The lowest BCUT2D eigenvalue weighted by Gasteiger charge is -2.03. The number of halogens is 1. The van der Waals surface area contributed by atoms with Crippen LogP contribution in [0.2, 0.25) is 0 Å². The van der Waals surface area contributed by atoms with Gasteiger partial charge in [-0.15, -0.1) is 11.8 Å². The van der Waals surface area contributed by atoms with Crippen LogP contribution in [-0.4, -0.2) is 4.98 Å². The Bertz CT molecular complexity index is 590. The number of rotatable bonds is 3. The van der Waals surface area contributed by atoms with Crippen molar-refractivity contribution in [3.05, 3.63) is 53.5 Å². The van der Waals surface area contributed by atoms with E-state index in [2.05, 4.69) is 4.98 Å². The molecule has 2 N–H and O–H groups in total. The molecule has 2 aromatic rings. The normalized spacial score (nSPS) is 10.0. The number of pyridine rings is 1. The van der Waals surface area contributed by atoms with E-state index in [1.54, 1.807) is 36.2 Å². The summed E-state index contributed by atoms with van der Waals surface area (Å²) >= 11 is 1.56. The molecule has 90 valence electrons. The molecule has 18 heavy (non-hydrogen) atoms. The molecule has 0 radical (unpaired) electrons. The second-order valence-electron chi connectivity index (χ2n) is 3.63. The molecule has 2 rings (SSSR count). The maximum absolute atomic E-state index is 13.1. The quantitative estimate of drug-likeness (QED) is 0.861. The molecule has 3 nitrogen and oxygen atoms in total. The monoisotopic (exact) mass is 259 g/mol. The van der Waals surface area contributed by atoms with E-state index in [0.29, 0.717) is 11.6 Å². The molecule has 0 atom stereocenters. The Morgan fingerprint density at radius 2 is 2.17 bits per heavy atom. The summed E-state index contributed by atoms with van der Waals surface area (Å²) in [6.45, 7) is 0. The minimum atomic E-state index is -0.486. The maximum atomic E-state index is 13.1. The van der Waals surface area contributed by atoms with Gasteiger partial charge < -0.3 is 5.73 Å². The molecule has 0 fully saturated rings. The summed E-state index contributed by atoms with van der Waals surface area (Å²) in [7, 11) is 0. The summed E-state index contributed by atoms with van der Waals surface area (Å²) in [5.74, 6) is 0.647. The molecule has 1 aromatic heterocycles. The summed E-state index contributed by atoms with van der Waals surface area (Å²) in [4.78, 5) is 4.96. The fourth-order valence-electron chi connectivity index (χ4n) is 1.39. The molecule has 0 saturated carbocycles. The van der Waals surface area contributed by atoms with Crippen molar-refractivity contribution in [3.63, 3.8) is 0 Å².